The van der Waals surface area contributed by atoms with Gasteiger partial charge in [-0.05, 0) is 61.6 Å². The number of fused-ring (bicyclic) bond motifs is 3. The minimum atomic E-state index is -0.279. The Bertz CT molecular complexity index is 1130. The molecular formula is C25H26N4O. The van der Waals surface area contributed by atoms with Crippen LogP contribution in [0.25, 0.3) is 10.9 Å². The molecule has 2 N–H and O–H groups in total. The van der Waals surface area contributed by atoms with Gasteiger partial charge in [-0.25, -0.2) is 0 Å². The molecule has 5 heteroatoms. The molecule has 2 aromatic carbocycles. The highest BCUT2D eigenvalue weighted by molar-refractivity contribution is 5.98. The van der Waals surface area contributed by atoms with E-state index in [0.717, 1.165) is 53.6 Å². The Labute approximate surface area is 176 Å². The van der Waals surface area contributed by atoms with E-state index in [1.54, 1.807) is 0 Å². The van der Waals surface area contributed by atoms with Gasteiger partial charge in [0, 0.05) is 48.0 Å². The molecule has 2 unspecified atom stereocenters. The van der Waals surface area contributed by atoms with Gasteiger partial charge >= 0.3 is 0 Å². The van der Waals surface area contributed by atoms with E-state index in [0.29, 0.717) is 12.1 Å². The zero-order valence-corrected chi connectivity index (χ0v) is 17.2. The molecule has 1 aromatic heterocycles. The highest BCUT2D eigenvalue weighted by atomic mass is 16.1. The topological polar surface area (TPSA) is 57.3 Å². The summed E-state index contributed by atoms with van der Waals surface area (Å²) in [6.07, 6.45) is 5.06. The summed E-state index contributed by atoms with van der Waals surface area (Å²) >= 11 is 0. The van der Waals surface area contributed by atoms with Crippen LogP contribution in [0.15, 0.2) is 54.7 Å². The maximum atomic E-state index is 13.4. The number of amides is 1. The Morgan fingerprint density at radius 2 is 1.90 bits per heavy atom. The number of aromatic nitrogens is 1. The number of hydrogen-bond acceptors (Lipinski definition) is 4. The first-order valence-corrected chi connectivity index (χ1v) is 10.9. The molecular weight excluding hydrogens is 372 g/mol. The predicted octanol–water partition coefficient (Wildman–Crippen LogP) is 3.51. The van der Waals surface area contributed by atoms with Gasteiger partial charge in [0.15, 0.2) is 0 Å². The number of nitrogens with zero attached hydrogens (tertiary/aromatic N) is 2. The second-order valence-corrected chi connectivity index (χ2v) is 9.11. The molecule has 0 radical (unpaired) electrons. The predicted molar refractivity (Wildman–Crippen MR) is 119 cm³/mol. The molecule has 4 aliphatic rings. The molecule has 3 aliphatic heterocycles. The van der Waals surface area contributed by atoms with E-state index in [4.69, 9.17) is 0 Å². The van der Waals surface area contributed by atoms with E-state index in [9.17, 15) is 4.79 Å². The van der Waals surface area contributed by atoms with Gasteiger partial charge in [-0.3, -0.25) is 9.78 Å². The Morgan fingerprint density at radius 3 is 2.67 bits per heavy atom. The molecule has 5 nitrogen and oxygen atoms in total. The molecule has 0 spiro atoms. The van der Waals surface area contributed by atoms with Crippen molar-refractivity contribution in [1.29, 1.82) is 0 Å². The summed E-state index contributed by atoms with van der Waals surface area (Å²) in [5.41, 5.74) is 4.83. The van der Waals surface area contributed by atoms with Crippen molar-refractivity contribution in [2.45, 2.75) is 43.8 Å². The summed E-state index contributed by atoms with van der Waals surface area (Å²) in [6.45, 7) is 4.07. The van der Waals surface area contributed by atoms with Crippen molar-refractivity contribution in [1.82, 2.24) is 15.6 Å². The average molecular weight is 399 g/mol. The highest BCUT2D eigenvalue weighted by Crippen LogP contribution is 2.48. The van der Waals surface area contributed by atoms with Crippen LogP contribution in [0.5, 0.6) is 0 Å². The van der Waals surface area contributed by atoms with Crippen LogP contribution in [0.1, 0.15) is 40.7 Å². The van der Waals surface area contributed by atoms with Gasteiger partial charge in [0.1, 0.15) is 0 Å². The summed E-state index contributed by atoms with van der Waals surface area (Å²) in [6, 6.07) is 17.7. The summed E-state index contributed by atoms with van der Waals surface area (Å²) in [5, 5.41) is 8.08. The van der Waals surface area contributed by atoms with E-state index in [-0.39, 0.29) is 11.4 Å². The average Bonchev–Trinajstić information content (AvgIpc) is 3.53. The summed E-state index contributed by atoms with van der Waals surface area (Å²) in [4.78, 5) is 20.3. The van der Waals surface area contributed by atoms with Crippen molar-refractivity contribution in [3.63, 3.8) is 0 Å². The minimum Gasteiger partial charge on any atom is -0.368 e. The summed E-state index contributed by atoms with van der Waals surface area (Å²) < 4.78 is 0. The van der Waals surface area contributed by atoms with Crippen molar-refractivity contribution in [3.8, 4) is 0 Å². The van der Waals surface area contributed by atoms with Gasteiger partial charge in [-0.2, -0.15) is 0 Å². The maximum absolute atomic E-state index is 13.4. The molecule has 3 aromatic rings. The third-order valence-electron chi connectivity index (χ3n) is 7.02. The van der Waals surface area contributed by atoms with Crippen molar-refractivity contribution >= 4 is 22.5 Å². The lowest BCUT2D eigenvalue weighted by Crippen LogP contribution is -2.67. The fourth-order valence-corrected chi connectivity index (χ4v) is 5.16. The zero-order valence-electron chi connectivity index (χ0n) is 17.2. The number of pyridine rings is 1. The Hall–Kier alpha value is -2.92. The molecule has 1 saturated carbocycles. The van der Waals surface area contributed by atoms with E-state index >= 15 is 0 Å². The van der Waals surface area contributed by atoms with Crippen LogP contribution < -0.4 is 15.5 Å². The van der Waals surface area contributed by atoms with E-state index < -0.39 is 0 Å². The molecule has 1 aliphatic carbocycles. The Morgan fingerprint density at radius 1 is 1.13 bits per heavy atom. The fraction of sp³-hybridized carbons (Fsp3) is 0.360. The number of nitrogens with one attached hydrogen (secondary N) is 2. The number of para-hydroxylation sites is 1. The first kappa shape index (κ1) is 17.9. The first-order valence-electron chi connectivity index (χ1n) is 10.9. The van der Waals surface area contributed by atoms with Crippen molar-refractivity contribution < 1.29 is 4.79 Å². The number of rotatable bonds is 4. The minimum absolute atomic E-state index is 0.0213. The molecule has 1 amide bonds. The number of carbonyl (C=O) groups excluding carboxylic acids is 1. The molecule has 3 saturated heterocycles. The first-order chi connectivity index (χ1) is 14.6. The van der Waals surface area contributed by atoms with E-state index in [1.807, 2.05) is 31.3 Å². The number of piperazine rings is 1. The lowest BCUT2D eigenvalue weighted by molar-refractivity contribution is 0.0930. The van der Waals surface area contributed by atoms with Crippen LogP contribution in [0.3, 0.4) is 0 Å². The SMILES string of the molecule is Cc1ccc(N2CC3CC(C2)N3)cc1C(=O)NC1(c2ccnc3ccccc23)CC1. The van der Waals surface area contributed by atoms with Gasteiger partial charge < -0.3 is 15.5 Å². The second kappa shape index (κ2) is 6.54. The lowest BCUT2D eigenvalue weighted by atomic mass is 9.90. The van der Waals surface area contributed by atoms with Gasteiger partial charge in [0.05, 0.1) is 11.1 Å². The van der Waals surface area contributed by atoms with E-state index in [1.165, 1.54) is 12.0 Å². The van der Waals surface area contributed by atoms with Crippen LogP contribution in [0.2, 0.25) is 0 Å². The van der Waals surface area contributed by atoms with Crippen LogP contribution in [0, 0.1) is 6.92 Å². The fourth-order valence-electron chi connectivity index (χ4n) is 5.16. The quantitative estimate of drug-likeness (QED) is 0.706. The molecule has 2 atom stereocenters. The summed E-state index contributed by atoms with van der Waals surface area (Å²) in [7, 11) is 0. The molecule has 4 heterocycles. The monoisotopic (exact) mass is 398 g/mol. The van der Waals surface area contributed by atoms with Gasteiger partial charge in [0.2, 0.25) is 0 Å². The number of aryl methyl sites for hydroxylation is 1. The van der Waals surface area contributed by atoms with Gasteiger partial charge in [0.25, 0.3) is 5.91 Å². The number of carbonyl (C=O) groups is 1. The zero-order chi connectivity index (χ0) is 20.3. The summed E-state index contributed by atoms with van der Waals surface area (Å²) in [5.74, 6) is 0.0213. The van der Waals surface area contributed by atoms with E-state index in [2.05, 4.69) is 50.8 Å². The number of piperidine rings is 1. The number of anilines is 1. The number of hydrogen-bond donors (Lipinski definition) is 2. The van der Waals surface area contributed by atoms with Crippen molar-refractivity contribution in [3.05, 3.63) is 71.4 Å². The molecule has 152 valence electrons. The third kappa shape index (κ3) is 2.88. The normalized spacial score (nSPS) is 23.7. The van der Waals surface area contributed by atoms with Crippen LogP contribution in [0.4, 0.5) is 5.69 Å². The molecule has 4 fully saturated rings. The van der Waals surface area contributed by atoms with Crippen molar-refractivity contribution in [2.24, 2.45) is 0 Å². The maximum Gasteiger partial charge on any atom is 0.252 e. The standard InChI is InChI=1S/C25H26N4O/c1-16-6-7-19(29-14-17-12-18(15-29)27-17)13-21(16)24(30)28-25(9-10-25)22-8-11-26-23-5-3-2-4-20(22)23/h2-8,11,13,17-18,27H,9-10,12,14-15H2,1H3,(H,28,30). The van der Waals surface area contributed by atoms with Crippen LogP contribution >= 0.6 is 0 Å². The lowest BCUT2D eigenvalue weighted by Gasteiger charge is -2.49. The smallest absolute Gasteiger partial charge is 0.252 e. The Balaban J connectivity index is 1.29. The van der Waals surface area contributed by atoms with Gasteiger partial charge in [-0.15, -0.1) is 0 Å². The highest BCUT2D eigenvalue weighted by Gasteiger charge is 2.47. The van der Waals surface area contributed by atoms with Gasteiger partial charge in [-0.1, -0.05) is 24.3 Å². The van der Waals surface area contributed by atoms with Crippen molar-refractivity contribution in [2.75, 3.05) is 18.0 Å². The molecule has 2 bridgehead atoms. The molecule has 7 rings (SSSR count). The molecule has 30 heavy (non-hydrogen) atoms. The Kier molecular flexibility index (Phi) is 3.90. The second-order valence-electron chi connectivity index (χ2n) is 9.11. The number of benzene rings is 2. The third-order valence-corrected chi connectivity index (χ3v) is 7.02. The van der Waals surface area contributed by atoms with Crippen LogP contribution in [-0.4, -0.2) is 36.1 Å². The van der Waals surface area contributed by atoms with Crippen LogP contribution in [-0.2, 0) is 5.54 Å². The largest absolute Gasteiger partial charge is 0.368 e.